The summed E-state index contributed by atoms with van der Waals surface area (Å²) in [4.78, 5) is 23.6. The number of nitrogens with zero attached hydrogens (tertiary/aromatic N) is 1. The maximum atomic E-state index is 12.5. The lowest BCUT2D eigenvalue weighted by atomic mass is 10.0. The number of anilines is 2. The first-order valence-electron chi connectivity index (χ1n) is 10.2. The van der Waals surface area contributed by atoms with E-state index in [1.54, 1.807) is 12.1 Å². The van der Waals surface area contributed by atoms with Crippen molar-refractivity contribution < 1.29 is 32.3 Å². The fraction of sp³-hybridized carbons (Fsp3) is 0.429. The van der Waals surface area contributed by atoms with Crippen LogP contribution < -0.4 is 15.5 Å². The number of para-hydroxylation sites is 1. The Morgan fingerprint density at radius 1 is 1.09 bits per heavy atom. The molecule has 1 saturated carbocycles. The number of carbonyl (C=O) groups excluding carboxylic acids is 1. The molecular weight excluding hydrogens is 531 g/mol. The third-order valence-electron chi connectivity index (χ3n) is 5.13. The molecule has 1 aromatic heterocycles. The fourth-order valence-electron chi connectivity index (χ4n) is 3.41. The molecule has 0 bridgehead atoms. The Hall–Kier alpha value is -2.24. The SMILES string of the molecule is O=C(Nc1cccc(Cl)c1N1CCC(NC2CC2)CC1)c1ccc(Br)o1.O=C(O)C(F)(F)F. The van der Waals surface area contributed by atoms with E-state index in [4.69, 9.17) is 25.9 Å². The van der Waals surface area contributed by atoms with Gasteiger partial charge in [0.05, 0.1) is 16.4 Å². The van der Waals surface area contributed by atoms with Crippen LogP contribution in [-0.4, -0.2) is 48.3 Å². The summed E-state index contributed by atoms with van der Waals surface area (Å²) in [7, 11) is 0. The molecule has 1 aliphatic heterocycles. The van der Waals surface area contributed by atoms with Gasteiger partial charge in [-0.3, -0.25) is 4.79 Å². The molecule has 4 rings (SSSR count). The van der Waals surface area contributed by atoms with Gasteiger partial charge in [-0.25, -0.2) is 4.79 Å². The third-order valence-corrected chi connectivity index (χ3v) is 5.87. The van der Waals surface area contributed by atoms with Gasteiger partial charge in [0.2, 0.25) is 0 Å². The highest BCUT2D eigenvalue weighted by atomic mass is 79.9. The van der Waals surface area contributed by atoms with Crippen LogP contribution >= 0.6 is 27.5 Å². The summed E-state index contributed by atoms with van der Waals surface area (Å²) >= 11 is 9.71. The van der Waals surface area contributed by atoms with Gasteiger partial charge in [-0.05, 0) is 65.9 Å². The number of carbonyl (C=O) groups is 2. The van der Waals surface area contributed by atoms with Gasteiger partial charge < -0.3 is 25.1 Å². The Labute approximate surface area is 201 Å². The van der Waals surface area contributed by atoms with E-state index < -0.39 is 12.1 Å². The molecule has 0 unspecified atom stereocenters. The molecule has 0 spiro atoms. The number of halogens is 5. The zero-order chi connectivity index (χ0) is 24.2. The minimum atomic E-state index is -5.08. The van der Waals surface area contributed by atoms with Crippen LogP contribution in [0.2, 0.25) is 5.02 Å². The summed E-state index contributed by atoms with van der Waals surface area (Å²) in [5, 5.41) is 14.4. The second kappa shape index (κ2) is 10.8. The standard InChI is InChI=1S/C19H21BrClN3O2.C2HF3O2/c20-17-7-6-16(26-17)19(25)23-15-3-1-2-14(21)18(15)24-10-8-13(9-11-24)22-12-4-5-12;3-2(4,5)1(6)7/h1-3,6-7,12-13,22H,4-5,8-11H2,(H,23,25);(H,6,7). The normalized spacial score (nSPS) is 16.7. The van der Waals surface area contributed by atoms with E-state index >= 15 is 0 Å². The van der Waals surface area contributed by atoms with Gasteiger partial charge in [0, 0.05) is 25.2 Å². The molecule has 2 aliphatic rings. The number of furan rings is 1. The molecule has 180 valence electrons. The predicted octanol–water partition coefficient (Wildman–Crippen LogP) is 5.30. The molecule has 0 radical (unpaired) electrons. The number of rotatable bonds is 5. The minimum Gasteiger partial charge on any atom is -0.475 e. The summed E-state index contributed by atoms with van der Waals surface area (Å²) in [6, 6.07) is 10.2. The number of benzene rings is 1. The largest absolute Gasteiger partial charge is 0.490 e. The van der Waals surface area contributed by atoms with Crippen LogP contribution in [0.15, 0.2) is 39.4 Å². The first-order valence-corrected chi connectivity index (χ1v) is 11.4. The highest BCUT2D eigenvalue weighted by Gasteiger charge is 2.38. The van der Waals surface area contributed by atoms with Crippen molar-refractivity contribution in [1.82, 2.24) is 5.32 Å². The zero-order valence-corrected chi connectivity index (χ0v) is 19.6. The summed E-state index contributed by atoms with van der Waals surface area (Å²) < 4.78 is 37.6. The van der Waals surface area contributed by atoms with Gasteiger partial charge in [0.25, 0.3) is 5.91 Å². The van der Waals surface area contributed by atoms with Gasteiger partial charge in [0.1, 0.15) is 0 Å². The van der Waals surface area contributed by atoms with Crippen molar-refractivity contribution in [2.24, 2.45) is 0 Å². The Bertz CT molecular complexity index is 989. The van der Waals surface area contributed by atoms with Gasteiger partial charge in [-0.2, -0.15) is 13.2 Å². The molecule has 1 aliphatic carbocycles. The monoisotopic (exact) mass is 551 g/mol. The van der Waals surface area contributed by atoms with E-state index in [-0.39, 0.29) is 11.7 Å². The maximum absolute atomic E-state index is 12.5. The number of piperidine rings is 1. The van der Waals surface area contributed by atoms with Crippen molar-refractivity contribution >= 4 is 50.8 Å². The molecule has 2 aromatic rings. The molecular formula is C21H22BrClF3N3O4. The smallest absolute Gasteiger partial charge is 0.475 e. The summed E-state index contributed by atoms with van der Waals surface area (Å²) in [5.41, 5.74) is 1.60. The van der Waals surface area contributed by atoms with Gasteiger partial charge >= 0.3 is 12.1 Å². The van der Waals surface area contributed by atoms with Crippen LogP contribution in [0.5, 0.6) is 0 Å². The molecule has 1 aromatic carbocycles. The molecule has 3 N–H and O–H groups in total. The average Bonchev–Trinajstić information content (AvgIpc) is 3.45. The maximum Gasteiger partial charge on any atom is 0.490 e. The Balaban J connectivity index is 0.000000383. The number of hydrogen-bond donors (Lipinski definition) is 3. The van der Waals surface area contributed by atoms with Crippen LogP contribution in [-0.2, 0) is 4.79 Å². The van der Waals surface area contributed by atoms with Crippen molar-refractivity contribution in [2.45, 2.75) is 43.9 Å². The molecule has 7 nitrogen and oxygen atoms in total. The van der Waals surface area contributed by atoms with Gasteiger partial charge in [-0.15, -0.1) is 0 Å². The highest BCUT2D eigenvalue weighted by molar-refractivity contribution is 9.10. The van der Waals surface area contributed by atoms with E-state index in [1.165, 1.54) is 12.8 Å². The molecule has 2 heterocycles. The van der Waals surface area contributed by atoms with Crippen molar-refractivity contribution in [3.8, 4) is 0 Å². The number of nitrogens with one attached hydrogen (secondary N) is 2. The molecule has 1 amide bonds. The Morgan fingerprint density at radius 2 is 1.70 bits per heavy atom. The van der Waals surface area contributed by atoms with Crippen molar-refractivity contribution in [1.29, 1.82) is 0 Å². The molecule has 1 saturated heterocycles. The van der Waals surface area contributed by atoms with Crippen LogP contribution in [0.1, 0.15) is 36.2 Å². The van der Waals surface area contributed by atoms with Crippen LogP contribution in [0.4, 0.5) is 24.5 Å². The second-order valence-electron chi connectivity index (χ2n) is 7.70. The predicted molar refractivity (Wildman–Crippen MR) is 121 cm³/mol. The summed E-state index contributed by atoms with van der Waals surface area (Å²) in [5.74, 6) is -2.79. The van der Waals surface area contributed by atoms with E-state index in [2.05, 4.69) is 31.5 Å². The van der Waals surface area contributed by atoms with Crippen molar-refractivity contribution in [3.63, 3.8) is 0 Å². The van der Waals surface area contributed by atoms with Crippen LogP contribution in [0, 0.1) is 0 Å². The molecule has 12 heteroatoms. The number of hydrogen-bond acceptors (Lipinski definition) is 5. The van der Waals surface area contributed by atoms with Crippen LogP contribution in [0.25, 0.3) is 0 Å². The van der Waals surface area contributed by atoms with Gasteiger partial charge in [-0.1, -0.05) is 17.7 Å². The second-order valence-corrected chi connectivity index (χ2v) is 8.89. The average molecular weight is 553 g/mol. The fourth-order valence-corrected chi connectivity index (χ4v) is 4.01. The first kappa shape index (κ1) is 25.4. The van der Waals surface area contributed by atoms with E-state index in [9.17, 15) is 18.0 Å². The number of amides is 1. The van der Waals surface area contributed by atoms with E-state index in [0.717, 1.165) is 37.7 Å². The van der Waals surface area contributed by atoms with Crippen molar-refractivity contribution in [3.05, 3.63) is 45.8 Å². The Morgan fingerprint density at radius 3 is 2.21 bits per heavy atom. The minimum absolute atomic E-state index is 0.259. The molecule has 0 atom stereocenters. The number of aliphatic carboxylic acids is 1. The zero-order valence-electron chi connectivity index (χ0n) is 17.3. The quantitative estimate of drug-likeness (QED) is 0.466. The lowest BCUT2D eigenvalue weighted by Crippen LogP contribution is -2.43. The summed E-state index contributed by atoms with van der Waals surface area (Å²) in [6.45, 7) is 1.84. The topological polar surface area (TPSA) is 94.8 Å². The van der Waals surface area contributed by atoms with Gasteiger partial charge in [0.15, 0.2) is 10.4 Å². The molecule has 33 heavy (non-hydrogen) atoms. The van der Waals surface area contributed by atoms with Crippen LogP contribution in [0.3, 0.4) is 0 Å². The van der Waals surface area contributed by atoms with E-state index in [1.807, 2.05) is 18.2 Å². The Kier molecular flexibility index (Phi) is 8.30. The lowest BCUT2D eigenvalue weighted by Gasteiger charge is -2.35. The number of carboxylic acid groups (broad SMARTS) is 1. The highest BCUT2D eigenvalue weighted by Crippen LogP contribution is 2.36. The first-order chi connectivity index (χ1) is 15.5. The third kappa shape index (κ3) is 7.38. The number of alkyl halides is 3. The van der Waals surface area contributed by atoms with E-state index in [0.29, 0.717) is 21.4 Å². The number of carboxylic acids is 1. The van der Waals surface area contributed by atoms with Crippen molar-refractivity contribution in [2.75, 3.05) is 23.3 Å². The molecule has 2 fully saturated rings. The lowest BCUT2D eigenvalue weighted by molar-refractivity contribution is -0.192. The summed E-state index contributed by atoms with van der Waals surface area (Å²) in [6.07, 6.45) is -0.298.